The zero-order chi connectivity index (χ0) is 23.5. The van der Waals surface area contributed by atoms with Gasteiger partial charge in [-0.05, 0) is 50.2 Å². The van der Waals surface area contributed by atoms with Gasteiger partial charge >= 0.3 is 0 Å². The first-order valence-corrected chi connectivity index (χ1v) is 13.3. The summed E-state index contributed by atoms with van der Waals surface area (Å²) < 4.78 is 5.26. The number of rotatable bonds is 10. The van der Waals surface area contributed by atoms with Crippen LogP contribution in [0.3, 0.4) is 0 Å². The first kappa shape index (κ1) is 23.6. The normalized spacial score (nSPS) is 26.6. The lowest BCUT2D eigenvalue weighted by molar-refractivity contribution is -0.138. The fourth-order valence-corrected chi connectivity index (χ4v) is 5.86. The molecule has 5 rings (SSSR count). The number of carbonyl (C=O) groups is 2. The lowest BCUT2D eigenvalue weighted by Crippen LogP contribution is -2.54. The maximum Gasteiger partial charge on any atom is 0.227 e. The average Bonchev–Trinajstić information content (AvgIpc) is 3.59. The Balaban J connectivity index is 1.22. The number of methoxy groups -OCH3 is 1. The highest BCUT2D eigenvalue weighted by Crippen LogP contribution is 2.39. The standard InChI is InChI=1S/C27H40N4O3/c1-34-13-5-12-30-17-21(24-8-2-3-9-25(24)30)18-31(23-10-11-23)27(33)20-14-22(16-28-15-20)29-26(32)19-6-4-7-19/h2-3,8-9,19-23,28H,4-7,10-18H2,1H3,(H,29,32)/t20-,21?,22+/m0/s1. The highest BCUT2D eigenvalue weighted by molar-refractivity contribution is 5.81. The van der Waals surface area contributed by atoms with Crippen molar-refractivity contribution in [3.05, 3.63) is 29.8 Å². The van der Waals surface area contributed by atoms with E-state index >= 15 is 0 Å². The third kappa shape index (κ3) is 5.25. The molecule has 2 aliphatic heterocycles. The Bertz CT molecular complexity index is 869. The molecule has 0 aromatic heterocycles. The number of nitrogens with zero attached hydrogens (tertiary/aromatic N) is 2. The van der Waals surface area contributed by atoms with Crippen LogP contribution in [0.1, 0.15) is 56.4 Å². The number of carbonyl (C=O) groups excluding carboxylic acids is 2. The van der Waals surface area contributed by atoms with Crippen molar-refractivity contribution in [2.24, 2.45) is 11.8 Å². The molecule has 2 amide bonds. The van der Waals surface area contributed by atoms with Crippen LogP contribution in [0, 0.1) is 11.8 Å². The first-order chi connectivity index (χ1) is 16.6. The van der Waals surface area contributed by atoms with E-state index < -0.39 is 0 Å². The van der Waals surface area contributed by atoms with E-state index in [9.17, 15) is 9.59 Å². The number of hydrogen-bond donors (Lipinski definition) is 2. The number of piperidine rings is 1. The zero-order valence-electron chi connectivity index (χ0n) is 20.5. The first-order valence-electron chi connectivity index (χ1n) is 13.3. The minimum atomic E-state index is -0.0597. The molecule has 2 aliphatic carbocycles. The van der Waals surface area contributed by atoms with Crippen LogP contribution >= 0.6 is 0 Å². The van der Waals surface area contributed by atoms with Crippen LogP contribution in [0.5, 0.6) is 0 Å². The molecule has 2 heterocycles. The molecule has 4 aliphatic rings. The largest absolute Gasteiger partial charge is 0.385 e. The van der Waals surface area contributed by atoms with Crippen molar-refractivity contribution in [2.75, 3.05) is 51.3 Å². The molecule has 3 atom stereocenters. The molecule has 1 unspecified atom stereocenters. The third-order valence-corrected chi connectivity index (χ3v) is 8.14. The molecule has 7 nitrogen and oxygen atoms in total. The van der Waals surface area contributed by atoms with Crippen molar-refractivity contribution >= 4 is 17.5 Å². The number of fused-ring (bicyclic) bond motifs is 1. The molecule has 186 valence electrons. The lowest BCUT2D eigenvalue weighted by Gasteiger charge is -2.36. The van der Waals surface area contributed by atoms with Crippen LogP contribution in [0.25, 0.3) is 0 Å². The molecule has 7 heteroatoms. The van der Waals surface area contributed by atoms with E-state index in [1.165, 1.54) is 11.3 Å². The second-order valence-corrected chi connectivity index (χ2v) is 10.7. The van der Waals surface area contributed by atoms with E-state index in [0.29, 0.717) is 18.5 Å². The van der Waals surface area contributed by atoms with Crippen LogP contribution < -0.4 is 15.5 Å². The molecule has 0 bridgehead atoms. The molecule has 2 saturated carbocycles. The molecule has 1 saturated heterocycles. The van der Waals surface area contributed by atoms with Crippen LogP contribution in [-0.2, 0) is 14.3 Å². The van der Waals surface area contributed by atoms with Gasteiger partial charge in [0.25, 0.3) is 0 Å². The van der Waals surface area contributed by atoms with Gasteiger partial charge in [-0.15, -0.1) is 0 Å². The molecule has 34 heavy (non-hydrogen) atoms. The summed E-state index contributed by atoms with van der Waals surface area (Å²) in [4.78, 5) is 30.8. The maximum atomic E-state index is 13.7. The summed E-state index contributed by atoms with van der Waals surface area (Å²) in [5, 5.41) is 6.64. The third-order valence-electron chi connectivity index (χ3n) is 8.14. The Labute approximate surface area is 203 Å². The predicted molar refractivity (Wildman–Crippen MR) is 133 cm³/mol. The van der Waals surface area contributed by atoms with Gasteiger partial charge in [0.2, 0.25) is 11.8 Å². The van der Waals surface area contributed by atoms with Gasteiger partial charge in [0.15, 0.2) is 0 Å². The summed E-state index contributed by atoms with van der Waals surface area (Å²) in [6.45, 7) is 4.97. The second-order valence-electron chi connectivity index (χ2n) is 10.7. The summed E-state index contributed by atoms with van der Waals surface area (Å²) in [5.41, 5.74) is 2.68. The average molecular weight is 469 g/mol. The SMILES string of the molecule is COCCCN1CC(CN(C(=O)[C@@H]2CNC[C@H](NC(=O)C3CCC3)C2)C2CC2)c2ccccc21. The van der Waals surface area contributed by atoms with Gasteiger partial charge in [0, 0.05) is 76.0 Å². The van der Waals surface area contributed by atoms with E-state index in [1.807, 2.05) is 0 Å². The Morgan fingerprint density at radius 3 is 2.71 bits per heavy atom. The van der Waals surface area contributed by atoms with Crippen LogP contribution in [0.2, 0.25) is 0 Å². The summed E-state index contributed by atoms with van der Waals surface area (Å²) >= 11 is 0. The van der Waals surface area contributed by atoms with E-state index in [1.54, 1.807) is 7.11 Å². The van der Waals surface area contributed by atoms with Gasteiger partial charge in [-0.25, -0.2) is 0 Å². The van der Waals surface area contributed by atoms with Crippen molar-refractivity contribution in [1.82, 2.24) is 15.5 Å². The van der Waals surface area contributed by atoms with Crippen LogP contribution in [0.4, 0.5) is 5.69 Å². The van der Waals surface area contributed by atoms with Gasteiger partial charge in [-0.3, -0.25) is 9.59 Å². The quantitative estimate of drug-likeness (QED) is 0.516. The number of hydrogen-bond acceptors (Lipinski definition) is 5. The minimum absolute atomic E-state index is 0.0559. The van der Waals surface area contributed by atoms with Crippen molar-refractivity contribution < 1.29 is 14.3 Å². The van der Waals surface area contributed by atoms with Crippen molar-refractivity contribution in [3.63, 3.8) is 0 Å². The van der Waals surface area contributed by atoms with Crippen molar-refractivity contribution in [3.8, 4) is 0 Å². The number of nitrogens with one attached hydrogen (secondary N) is 2. The van der Waals surface area contributed by atoms with Gasteiger partial charge in [0.05, 0.1) is 5.92 Å². The summed E-state index contributed by atoms with van der Waals surface area (Å²) in [5.74, 6) is 0.923. The highest BCUT2D eigenvalue weighted by atomic mass is 16.5. The Kier molecular flexibility index (Phi) is 7.40. The van der Waals surface area contributed by atoms with E-state index in [4.69, 9.17) is 4.74 Å². The Hall–Kier alpha value is -2.12. The van der Waals surface area contributed by atoms with Gasteiger partial charge in [-0.1, -0.05) is 24.6 Å². The van der Waals surface area contributed by atoms with E-state index in [2.05, 4.69) is 44.7 Å². The predicted octanol–water partition coefficient (Wildman–Crippen LogP) is 2.51. The number of benzene rings is 1. The fourth-order valence-electron chi connectivity index (χ4n) is 5.86. The molecule has 3 fully saturated rings. The van der Waals surface area contributed by atoms with Gasteiger partial charge in [-0.2, -0.15) is 0 Å². The Morgan fingerprint density at radius 1 is 1.15 bits per heavy atom. The summed E-state index contributed by atoms with van der Waals surface area (Å²) in [7, 11) is 1.75. The van der Waals surface area contributed by atoms with Gasteiger partial charge < -0.3 is 25.2 Å². The maximum absolute atomic E-state index is 13.7. The molecular formula is C27H40N4O3. The summed E-state index contributed by atoms with van der Waals surface area (Å²) in [6, 6.07) is 9.12. The van der Waals surface area contributed by atoms with E-state index in [-0.39, 0.29) is 29.7 Å². The molecular weight excluding hydrogens is 428 g/mol. The summed E-state index contributed by atoms with van der Waals surface area (Å²) in [6.07, 6.45) is 7.15. The lowest BCUT2D eigenvalue weighted by atomic mass is 9.84. The minimum Gasteiger partial charge on any atom is -0.385 e. The molecule has 0 radical (unpaired) electrons. The van der Waals surface area contributed by atoms with Crippen molar-refractivity contribution in [2.45, 2.75) is 62.9 Å². The number of amides is 2. The molecule has 2 N–H and O–H groups in total. The fraction of sp³-hybridized carbons (Fsp3) is 0.704. The smallest absolute Gasteiger partial charge is 0.227 e. The zero-order valence-corrected chi connectivity index (χ0v) is 20.5. The van der Waals surface area contributed by atoms with Crippen LogP contribution in [0.15, 0.2) is 24.3 Å². The van der Waals surface area contributed by atoms with E-state index in [0.717, 1.165) is 77.7 Å². The highest BCUT2D eigenvalue weighted by Gasteiger charge is 2.41. The van der Waals surface area contributed by atoms with Gasteiger partial charge in [0.1, 0.15) is 0 Å². The second kappa shape index (κ2) is 10.6. The van der Waals surface area contributed by atoms with Crippen LogP contribution in [-0.4, -0.2) is 75.2 Å². The topological polar surface area (TPSA) is 73.9 Å². The number of para-hydroxylation sites is 1. The molecule has 1 aromatic carbocycles. The number of ether oxygens (including phenoxy) is 1. The number of anilines is 1. The van der Waals surface area contributed by atoms with Crippen molar-refractivity contribution in [1.29, 1.82) is 0 Å². The Morgan fingerprint density at radius 2 is 1.97 bits per heavy atom. The molecule has 1 aromatic rings. The molecule has 0 spiro atoms. The monoisotopic (exact) mass is 468 g/mol.